The summed E-state index contributed by atoms with van der Waals surface area (Å²) in [6.45, 7) is 4.47. The van der Waals surface area contributed by atoms with Gasteiger partial charge in [0.2, 0.25) is 0 Å². The van der Waals surface area contributed by atoms with Gasteiger partial charge in [-0.05, 0) is 79.0 Å². The Morgan fingerprint density at radius 1 is 0.750 bits per heavy atom. The highest BCUT2D eigenvalue weighted by Gasteiger charge is 2.27. The van der Waals surface area contributed by atoms with E-state index < -0.39 is 0 Å². The molecule has 2 aromatic carbocycles. The Bertz CT molecular complexity index is 803. The Morgan fingerprint density at radius 2 is 1.34 bits per heavy atom. The van der Waals surface area contributed by atoms with Crippen molar-refractivity contribution in [1.82, 2.24) is 0 Å². The first-order valence-electron chi connectivity index (χ1n) is 13.3. The molecule has 172 valence electrons. The Morgan fingerprint density at radius 3 is 1.94 bits per heavy atom. The van der Waals surface area contributed by atoms with Crippen LogP contribution in [0.25, 0.3) is 11.1 Å². The van der Waals surface area contributed by atoms with Crippen LogP contribution < -0.4 is 0 Å². The quantitative estimate of drug-likeness (QED) is 0.308. The third-order valence-electron chi connectivity index (χ3n) is 7.59. The minimum atomic E-state index is 0.271. The zero-order valence-corrected chi connectivity index (χ0v) is 20.5. The zero-order chi connectivity index (χ0) is 22.6. The fourth-order valence-corrected chi connectivity index (χ4v) is 5.49. The van der Waals surface area contributed by atoms with Crippen molar-refractivity contribution in [3.05, 3.63) is 59.7 Å². The number of hydrogen-bond donors (Lipinski definition) is 0. The van der Waals surface area contributed by atoms with Crippen LogP contribution in [0.5, 0.6) is 0 Å². The second-order valence-corrected chi connectivity index (χ2v) is 9.97. The third-order valence-corrected chi connectivity index (χ3v) is 7.59. The highest BCUT2D eigenvalue weighted by molar-refractivity contribution is 5.64. The fourth-order valence-electron chi connectivity index (χ4n) is 5.49. The number of unbranched alkanes of at least 4 members (excludes halogenated alkanes) is 5. The summed E-state index contributed by atoms with van der Waals surface area (Å²) in [5, 5.41) is 9.48. The maximum atomic E-state index is 9.48. The molecule has 1 atom stereocenters. The molecule has 0 aromatic heterocycles. The first kappa shape index (κ1) is 24.6. The van der Waals surface area contributed by atoms with E-state index in [1.54, 1.807) is 0 Å². The lowest BCUT2D eigenvalue weighted by atomic mass is 9.73. The Kier molecular flexibility index (Phi) is 10.3. The lowest BCUT2D eigenvalue weighted by Gasteiger charge is -2.31. The van der Waals surface area contributed by atoms with Crippen molar-refractivity contribution in [2.24, 2.45) is 11.8 Å². The number of rotatable bonds is 12. The van der Waals surface area contributed by atoms with E-state index in [0.717, 1.165) is 12.8 Å². The third kappa shape index (κ3) is 7.23. The second-order valence-electron chi connectivity index (χ2n) is 9.97. The summed E-state index contributed by atoms with van der Waals surface area (Å²) >= 11 is 0. The second kappa shape index (κ2) is 13.5. The van der Waals surface area contributed by atoms with Gasteiger partial charge < -0.3 is 0 Å². The number of hydrogen-bond acceptors (Lipinski definition) is 1. The van der Waals surface area contributed by atoms with E-state index >= 15 is 0 Å². The van der Waals surface area contributed by atoms with Crippen molar-refractivity contribution in [2.45, 2.75) is 103 Å². The van der Waals surface area contributed by atoms with E-state index in [4.69, 9.17) is 0 Å². The average Bonchev–Trinajstić information content (AvgIpc) is 2.85. The van der Waals surface area contributed by atoms with Gasteiger partial charge in [-0.25, -0.2) is 0 Å². The van der Waals surface area contributed by atoms with Crippen LogP contribution in [0.4, 0.5) is 0 Å². The molecule has 32 heavy (non-hydrogen) atoms. The van der Waals surface area contributed by atoms with Crippen molar-refractivity contribution < 1.29 is 0 Å². The van der Waals surface area contributed by atoms with Crippen LogP contribution in [0, 0.1) is 23.2 Å². The molecule has 1 heteroatoms. The molecule has 0 aliphatic heterocycles. The summed E-state index contributed by atoms with van der Waals surface area (Å²) < 4.78 is 0. The Labute approximate surface area is 197 Å². The highest BCUT2D eigenvalue weighted by Crippen LogP contribution is 2.40. The fraction of sp³-hybridized carbons (Fsp3) is 0.581. The number of nitrogens with zero attached hydrogens (tertiary/aromatic N) is 1. The van der Waals surface area contributed by atoms with E-state index in [-0.39, 0.29) is 5.92 Å². The molecule has 0 unspecified atom stereocenters. The molecular formula is C31H43N. The van der Waals surface area contributed by atoms with E-state index in [2.05, 4.69) is 68.4 Å². The molecule has 0 spiro atoms. The minimum Gasteiger partial charge on any atom is -0.198 e. The van der Waals surface area contributed by atoms with Crippen molar-refractivity contribution in [1.29, 1.82) is 5.26 Å². The Hall–Kier alpha value is -2.07. The maximum Gasteiger partial charge on any atom is 0.0658 e. The molecule has 0 bridgehead atoms. The molecule has 2 aromatic rings. The Balaban J connectivity index is 1.48. The predicted octanol–water partition coefficient (Wildman–Crippen LogP) is 9.47. The molecule has 1 fully saturated rings. The lowest BCUT2D eigenvalue weighted by Crippen LogP contribution is -2.20. The van der Waals surface area contributed by atoms with Gasteiger partial charge >= 0.3 is 0 Å². The predicted molar refractivity (Wildman–Crippen MR) is 138 cm³/mol. The van der Waals surface area contributed by atoms with Gasteiger partial charge in [-0.2, -0.15) is 5.26 Å². The highest BCUT2D eigenvalue weighted by atomic mass is 14.4. The van der Waals surface area contributed by atoms with Crippen LogP contribution in [0.2, 0.25) is 0 Å². The molecule has 1 saturated carbocycles. The van der Waals surface area contributed by atoms with Crippen LogP contribution >= 0.6 is 0 Å². The molecule has 1 aliphatic carbocycles. The summed E-state index contributed by atoms with van der Waals surface area (Å²) in [4.78, 5) is 0. The molecular weight excluding hydrogens is 386 g/mol. The van der Waals surface area contributed by atoms with Crippen LogP contribution in [-0.2, 0) is 6.42 Å². The monoisotopic (exact) mass is 429 g/mol. The molecule has 0 heterocycles. The number of aryl methyl sites for hydroxylation is 1. The van der Waals surface area contributed by atoms with Gasteiger partial charge in [0, 0.05) is 5.92 Å². The van der Waals surface area contributed by atoms with Gasteiger partial charge in [0.25, 0.3) is 0 Å². The number of nitriles is 1. The van der Waals surface area contributed by atoms with Crippen molar-refractivity contribution >= 4 is 0 Å². The summed E-state index contributed by atoms with van der Waals surface area (Å²) in [5.41, 5.74) is 5.59. The van der Waals surface area contributed by atoms with Crippen LogP contribution in [0.15, 0.2) is 48.5 Å². The topological polar surface area (TPSA) is 23.8 Å². The van der Waals surface area contributed by atoms with Gasteiger partial charge in [0.15, 0.2) is 0 Å². The maximum absolute atomic E-state index is 9.48. The van der Waals surface area contributed by atoms with Gasteiger partial charge in [-0.1, -0.05) is 101 Å². The molecule has 0 amide bonds. The van der Waals surface area contributed by atoms with Crippen LogP contribution in [0.1, 0.15) is 108 Å². The zero-order valence-electron chi connectivity index (χ0n) is 20.5. The average molecular weight is 430 g/mol. The molecule has 0 saturated heterocycles. The van der Waals surface area contributed by atoms with Gasteiger partial charge in [-0.15, -0.1) is 0 Å². The smallest absolute Gasteiger partial charge is 0.0658 e. The van der Waals surface area contributed by atoms with Crippen molar-refractivity contribution in [3.63, 3.8) is 0 Å². The van der Waals surface area contributed by atoms with E-state index in [0.29, 0.717) is 11.8 Å². The van der Waals surface area contributed by atoms with E-state index in [1.807, 2.05) is 0 Å². The van der Waals surface area contributed by atoms with E-state index in [1.165, 1.54) is 92.9 Å². The van der Waals surface area contributed by atoms with Crippen molar-refractivity contribution in [3.8, 4) is 17.2 Å². The van der Waals surface area contributed by atoms with Gasteiger partial charge in [0.05, 0.1) is 6.07 Å². The summed E-state index contributed by atoms with van der Waals surface area (Å²) in [5.74, 6) is 1.55. The first-order chi connectivity index (χ1) is 15.7. The SMILES string of the molecule is CCCCCCCCc1ccc(-c2ccc([C@H]3CC[C@@H]([C@H](C#N)CCC)CC3)cc2)cc1. The minimum absolute atomic E-state index is 0.271. The number of benzene rings is 2. The largest absolute Gasteiger partial charge is 0.198 e. The van der Waals surface area contributed by atoms with Crippen molar-refractivity contribution in [2.75, 3.05) is 0 Å². The standard InChI is InChI=1S/C31H43N/c1-3-5-6-7-8-9-11-25-12-14-26(15-13-25)27-16-18-28(19-17-27)29-20-22-30(23-21-29)31(24-32)10-4-2/h12-19,29-31H,3-11,20-23H2,1-2H3/t29-,30+,31-/m0/s1. The van der Waals surface area contributed by atoms with Crippen LogP contribution in [-0.4, -0.2) is 0 Å². The van der Waals surface area contributed by atoms with E-state index in [9.17, 15) is 5.26 Å². The molecule has 1 nitrogen and oxygen atoms in total. The molecule has 0 N–H and O–H groups in total. The molecule has 1 aliphatic rings. The normalized spacial score (nSPS) is 19.4. The first-order valence-corrected chi connectivity index (χ1v) is 13.3. The van der Waals surface area contributed by atoms with Crippen LogP contribution in [0.3, 0.4) is 0 Å². The van der Waals surface area contributed by atoms with Gasteiger partial charge in [0.1, 0.15) is 0 Å². The summed E-state index contributed by atoms with van der Waals surface area (Å²) in [6.07, 6.45) is 16.5. The summed E-state index contributed by atoms with van der Waals surface area (Å²) in [6, 6.07) is 21.1. The summed E-state index contributed by atoms with van der Waals surface area (Å²) in [7, 11) is 0. The molecule has 0 radical (unpaired) electrons. The lowest BCUT2D eigenvalue weighted by molar-refractivity contribution is 0.259. The molecule has 3 rings (SSSR count). The van der Waals surface area contributed by atoms with Gasteiger partial charge in [-0.3, -0.25) is 0 Å².